The number of ether oxygens (including phenoxy) is 3. The van der Waals surface area contributed by atoms with E-state index in [2.05, 4.69) is 6.92 Å². The summed E-state index contributed by atoms with van der Waals surface area (Å²) in [5.74, 6) is -0.300. The molecule has 3 saturated carbocycles. The lowest BCUT2D eigenvalue weighted by Gasteiger charge is -2.42. The largest absolute Gasteiger partial charge is 0.358 e. The second-order valence-corrected chi connectivity index (χ2v) is 12.3. The molecule has 1 aliphatic heterocycles. The van der Waals surface area contributed by atoms with Gasteiger partial charge in [-0.1, -0.05) is 25.8 Å². The van der Waals surface area contributed by atoms with E-state index in [1.807, 2.05) is 0 Å². The summed E-state index contributed by atoms with van der Waals surface area (Å²) >= 11 is 0. The van der Waals surface area contributed by atoms with Crippen molar-refractivity contribution in [2.24, 2.45) is 29.6 Å². The van der Waals surface area contributed by atoms with Crippen molar-refractivity contribution in [1.29, 1.82) is 0 Å². The molecule has 7 heteroatoms. The minimum atomic E-state index is -3.15. The van der Waals surface area contributed by atoms with Crippen LogP contribution in [0, 0.1) is 41.2 Å². The van der Waals surface area contributed by atoms with Gasteiger partial charge in [0.1, 0.15) is 0 Å². The maximum atomic E-state index is 15.1. The SMILES string of the molecule is CC1CCC(C2COC(C3CCC(C(F)(F)OC4CCC(c5ccc(F)c(F)c5)CC4)CC3)OC2)CC1. The van der Waals surface area contributed by atoms with E-state index in [-0.39, 0.29) is 18.1 Å². The van der Waals surface area contributed by atoms with Crippen molar-refractivity contribution < 1.29 is 31.8 Å². The van der Waals surface area contributed by atoms with E-state index >= 15 is 8.78 Å². The average Bonchev–Trinajstić information content (AvgIpc) is 2.91. The van der Waals surface area contributed by atoms with E-state index in [0.29, 0.717) is 63.2 Å². The third-order valence-corrected chi connectivity index (χ3v) is 9.72. The van der Waals surface area contributed by atoms with Crippen LogP contribution in [0.4, 0.5) is 17.6 Å². The standard InChI is InChI=1S/C30H42F4O3/c1-19-2-4-21(5-3-19)24-17-35-29(36-18-24)22-6-11-25(12-7-22)30(33,34)37-26-13-8-20(9-14-26)23-10-15-27(31)28(32)16-23/h10,15-16,19-22,24-26,29H,2-9,11-14,17-18H2,1H3. The van der Waals surface area contributed by atoms with Gasteiger partial charge in [-0.05, 0) is 99.7 Å². The first-order valence-electron chi connectivity index (χ1n) is 14.5. The van der Waals surface area contributed by atoms with Gasteiger partial charge in [-0.2, -0.15) is 8.78 Å². The lowest BCUT2D eigenvalue weighted by molar-refractivity contribution is -0.305. The molecule has 1 aromatic rings. The molecule has 0 N–H and O–H groups in total. The molecular formula is C30H42F4O3. The fourth-order valence-corrected chi connectivity index (χ4v) is 7.16. The number of rotatable bonds is 6. The highest BCUT2D eigenvalue weighted by Crippen LogP contribution is 2.45. The van der Waals surface area contributed by atoms with Crippen molar-refractivity contribution in [3.63, 3.8) is 0 Å². The quantitative estimate of drug-likeness (QED) is 0.350. The minimum absolute atomic E-state index is 0.0516. The van der Waals surface area contributed by atoms with Crippen molar-refractivity contribution in [3.05, 3.63) is 35.4 Å². The highest BCUT2D eigenvalue weighted by molar-refractivity contribution is 5.22. The molecule has 3 aliphatic carbocycles. The van der Waals surface area contributed by atoms with E-state index in [4.69, 9.17) is 14.2 Å². The highest BCUT2D eigenvalue weighted by Gasteiger charge is 2.46. The average molecular weight is 527 g/mol. The Kier molecular flexibility index (Phi) is 8.82. The van der Waals surface area contributed by atoms with Gasteiger partial charge < -0.3 is 14.2 Å². The summed E-state index contributed by atoms with van der Waals surface area (Å²) in [6.45, 7) is 3.79. The van der Waals surface area contributed by atoms with Crippen molar-refractivity contribution in [3.8, 4) is 0 Å². The first-order chi connectivity index (χ1) is 17.8. The summed E-state index contributed by atoms with van der Waals surface area (Å²) in [5, 5.41) is 0. The van der Waals surface area contributed by atoms with Gasteiger partial charge in [-0.15, -0.1) is 0 Å². The summed E-state index contributed by atoms with van der Waals surface area (Å²) in [5.41, 5.74) is 0.731. The lowest BCUT2D eigenvalue weighted by Crippen LogP contribution is -2.43. The molecule has 4 fully saturated rings. The lowest BCUT2D eigenvalue weighted by atomic mass is 9.76. The normalized spacial score (nSPS) is 37.9. The molecule has 208 valence electrons. The van der Waals surface area contributed by atoms with E-state index < -0.39 is 29.8 Å². The van der Waals surface area contributed by atoms with Crippen LogP contribution in [0.5, 0.6) is 0 Å². The first-order valence-corrected chi connectivity index (χ1v) is 14.5. The van der Waals surface area contributed by atoms with Gasteiger partial charge in [0.15, 0.2) is 17.9 Å². The molecule has 0 bridgehead atoms. The molecule has 0 aromatic heterocycles. The van der Waals surface area contributed by atoms with Gasteiger partial charge in [0, 0.05) is 11.8 Å². The van der Waals surface area contributed by atoms with Crippen molar-refractivity contribution in [2.75, 3.05) is 13.2 Å². The van der Waals surface area contributed by atoms with E-state index in [0.717, 1.165) is 30.8 Å². The Hall–Kier alpha value is -1.18. The molecule has 0 radical (unpaired) electrons. The zero-order chi connectivity index (χ0) is 26.0. The van der Waals surface area contributed by atoms with E-state index in [1.54, 1.807) is 6.07 Å². The van der Waals surface area contributed by atoms with E-state index in [1.165, 1.54) is 31.7 Å². The van der Waals surface area contributed by atoms with Crippen molar-refractivity contribution >= 4 is 0 Å². The summed E-state index contributed by atoms with van der Waals surface area (Å²) in [4.78, 5) is 0. The van der Waals surface area contributed by atoms with Gasteiger partial charge >= 0.3 is 6.11 Å². The summed E-state index contributed by atoms with van der Waals surface area (Å²) < 4.78 is 74.6. The van der Waals surface area contributed by atoms with Crippen LogP contribution >= 0.6 is 0 Å². The van der Waals surface area contributed by atoms with Crippen molar-refractivity contribution in [2.45, 2.75) is 108 Å². The Morgan fingerprint density at radius 3 is 1.97 bits per heavy atom. The molecular weight excluding hydrogens is 484 g/mol. The highest BCUT2D eigenvalue weighted by atomic mass is 19.3. The van der Waals surface area contributed by atoms with Crippen LogP contribution < -0.4 is 0 Å². The Labute approximate surface area is 218 Å². The molecule has 1 saturated heterocycles. The molecule has 0 amide bonds. The minimum Gasteiger partial charge on any atom is -0.352 e. The smallest absolute Gasteiger partial charge is 0.352 e. The monoisotopic (exact) mass is 526 g/mol. The Bertz CT molecular complexity index is 864. The summed E-state index contributed by atoms with van der Waals surface area (Å²) in [7, 11) is 0. The topological polar surface area (TPSA) is 27.7 Å². The number of halogens is 4. The Balaban J connectivity index is 1.03. The Morgan fingerprint density at radius 1 is 0.730 bits per heavy atom. The maximum Gasteiger partial charge on any atom is 0.358 e. The number of hydrogen-bond donors (Lipinski definition) is 0. The van der Waals surface area contributed by atoms with Crippen LogP contribution in [0.3, 0.4) is 0 Å². The fraction of sp³-hybridized carbons (Fsp3) is 0.800. The van der Waals surface area contributed by atoms with Crippen LogP contribution in [0.1, 0.15) is 95.5 Å². The van der Waals surface area contributed by atoms with E-state index in [9.17, 15) is 8.78 Å². The second-order valence-electron chi connectivity index (χ2n) is 12.3. The zero-order valence-corrected chi connectivity index (χ0v) is 22.0. The second kappa shape index (κ2) is 11.9. The summed E-state index contributed by atoms with van der Waals surface area (Å²) in [6, 6.07) is 3.95. The molecule has 5 rings (SSSR count). The predicted molar refractivity (Wildman–Crippen MR) is 133 cm³/mol. The van der Waals surface area contributed by atoms with Gasteiger partial charge in [0.2, 0.25) is 0 Å². The molecule has 1 aromatic carbocycles. The zero-order valence-electron chi connectivity index (χ0n) is 22.0. The predicted octanol–water partition coefficient (Wildman–Crippen LogP) is 8.22. The summed E-state index contributed by atoms with van der Waals surface area (Å²) in [6.07, 6.45) is 5.62. The van der Waals surface area contributed by atoms with Crippen LogP contribution in [-0.2, 0) is 14.2 Å². The number of alkyl halides is 2. The molecule has 3 nitrogen and oxygen atoms in total. The number of hydrogen-bond acceptors (Lipinski definition) is 3. The number of benzene rings is 1. The third kappa shape index (κ3) is 6.70. The molecule has 0 unspecified atom stereocenters. The molecule has 37 heavy (non-hydrogen) atoms. The first kappa shape index (κ1) is 27.4. The molecule has 4 aliphatic rings. The van der Waals surface area contributed by atoms with Crippen LogP contribution in [-0.4, -0.2) is 31.7 Å². The van der Waals surface area contributed by atoms with Crippen LogP contribution in [0.2, 0.25) is 0 Å². The van der Waals surface area contributed by atoms with Gasteiger partial charge in [0.05, 0.1) is 25.2 Å². The molecule has 0 spiro atoms. The maximum absolute atomic E-state index is 15.1. The van der Waals surface area contributed by atoms with Crippen molar-refractivity contribution in [1.82, 2.24) is 0 Å². The van der Waals surface area contributed by atoms with Crippen LogP contribution in [0.25, 0.3) is 0 Å². The Morgan fingerprint density at radius 2 is 1.35 bits per heavy atom. The fourth-order valence-electron chi connectivity index (χ4n) is 7.16. The third-order valence-electron chi connectivity index (χ3n) is 9.72. The van der Waals surface area contributed by atoms with Crippen LogP contribution in [0.15, 0.2) is 18.2 Å². The van der Waals surface area contributed by atoms with Gasteiger partial charge in [-0.3, -0.25) is 0 Å². The van der Waals surface area contributed by atoms with Gasteiger partial charge in [-0.25, -0.2) is 8.78 Å². The van der Waals surface area contributed by atoms with Gasteiger partial charge in [0.25, 0.3) is 0 Å². The molecule has 0 atom stereocenters. The molecule has 1 heterocycles.